The Kier molecular flexibility index (Phi) is 2.41. The monoisotopic (exact) mass is 152 g/mol. The van der Waals surface area contributed by atoms with Gasteiger partial charge in [-0.25, -0.2) is 0 Å². The first-order valence-corrected chi connectivity index (χ1v) is 4.74. The second-order valence-corrected chi connectivity index (χ2v) is 4.66. The molecular weight excluding hydrogens is 132 g/mol. The van der Waals surface area contributed by atoms with E-state index >= 15 is 0 Å². The van der Waals surface area contributed by atoms with Crippen LogP contribution in [0.5, 0.6) is 0 Å². The lowest BCUT2D eigenvalue weighted by molar-refractivity contribution is 0.319. The van der Waals surface area contributed by atoms with E-state index in [1.807, 2.05) is 0 Å². The molecule has 0 aromatic heterocycles. The van der Waals surface area contributed by atoms with E-state index in [0.29, 0.717) is 5.41 Å². The van der Waals surface area contributed by atoms with Crippen molar-refractivity contribution in [3.63, 3.8) is 0 Å². The van der Waals surface area contributed by atoms with Gasteiger partial charge in [0.05, 0.1) is 0 Å². The second kappa shape index (κ2) is 3.00. The zero-order chi connectivity index (χ0) is 8.48. The molecule has 1 atom stereocenters. The van der Waals surface area contributed by atoms with Gasteiger partial charge in [-0.05, 0) is 30.6 Å². The fourth-order valence-corrected chi connectivity index (χ4v) is 2.33. The third kappa shape index (κ3) is 2.36. The van der Waals surface area contributed by atoms with Crippen molar-refractivity contribution in [1.82, 2.24) is 0 Å². The SMILES string of the molecule is CCC1=CC(C)(C)CC(C)C1. The topological polar surface area (TPSA) is 0 Å². The molecule has 0 N–H and O–H groups in total. The first-order chi connectivity index (χ1) is 5.03. The molecular formula is C11H20. The van der Waals surface area contributed by atoms with Crippen LogP contribution >= 0.6 is 0 Å². The Morgan fingerprint density at radius 2 is 2.18 bits per heavy atom. The van der Waals surface area contributed by atoms with Crippen molar-refractivity contribution in [3.8, 4) is 0 Å². The molecule has 0 amide bonds. The Morgan fingerprint density at radius 1 is 1.55 bits per heavy atom. The minimum Gasteiger partial charge on any atom is -0.0796 e. The highest BCUT2D eigenvalue weighted by molar-refractivity contribution is 5.12. The van der Waals surface area contributed by atoms with Gasteiger partial charge in [0.2, 0.25) is 0 Å². The van der Waals surface area contributed by atoms with Crippen LogP contribution in [0.3, 0.4) is 0 Å². The van der Waals surface area contributed by atoms with Crippen LogP contribution in [0.15, 0.2) is 11.6 Å². The van der Waals surface area contributed by atoms with E-state index in [4.69, 9.17) is 0 Å². The summed E-state index contributed by atoms with van der Waals surface area (Å²) >= 11 is 0. The maximum absolute atomic E-state index is 2.48. The highest BCUT2D eigenvalue weighted by Crippen LogP contribution is 2.37. The van der Waals surface area contributed by atoms with Crippen molar-refractivity contribution in [3.05, 3.63) is 11.6 Å². The molecule has 0 aromatic carbocycles. The van der Waals surface area contributed by atoms with Gasteiger partial charge in [0.1, 0.15) is 0 Å². The maximum atomic E-state index is 2.48. The molecule has 1 aliphatic rings. The molecule has 0 heteroatoms. The summed E-state index contributed by atoms with van der Waals surface area (Å²) in [7, 11) is 0. The van der Waals surface area contributed by atoms with Crippen LogP contribution in [0.1, 0.15) is 47.0 Å². The number of rotatable bonds is 1. The predicted octanol–water partition coefficient (Wildman–Crippen LogP) is 3.78. The molecule has 11 heavy (non-hydrogen) atoms. The van der Waals surface area contributed by atoms with Crippen LogP contribution in [0, 0.1) is 11.3 Å². The summed E-state index contributed by atoms with van der Waals surface area (Å²) in [6.45, 7) is 9.32. The number of allylic oxidation sites excluding steroid dienone is 2. The van der Waals surface area contributed by atoms with Gasteiger partial charge in [-0.1, -0.05) is 39.3 Å². The summed E-state index contributed by atoms with van der Waals surface area (Å²) < 4.78 is 0. The van der Waals surface area contributed by atoms with E-state index in [1.54, 1.807) is 5.57 Å². The summed E-state index contributed by atoms with van der Waals surface area (Å²) in [5.41, 5.74) is 2.12. The van der Waals surface area contributed by atoms with Gasteiger partial charge in [0.25, 0.3) is 0 Å². The first-order valence-electron chi connectivity index (χ1n) is 4.74. The van der Waals surface area contributed by atoms with E-state index in [0.717, 1.165) is 5.92 Å². The molecule has 0 saturated heterocycles. The van der Waals surface area contributed by atoms with Crippen molar-refractivity contribution in [2.75, 3.05) is 0 Å². The Hall–Kier alpha value is -0.260. The molecule has 0 spiro atoms. The molecule has 0 radical (unpaired) electrons. The summed E-state index contributed by atoms with van der Waals surface area (Å²) in [6.07, 6.45) is 6.41. The van der Waals surface area contributed by atoms with Gasteiger partial charge in [0.15, 0.2) is 0 Å². The molecule has 64 valence electrons. The first kappa shape index (κ1) is 8.83. The van der Waals surface area contributed by atoms with E-state index in [-0.39, 0.29) is 0 Å². The number of hydrogen-bond donors (Lipinski definition) is 0. The van der Waals surface area contributed by atoms with E-state index in [2.05, 4.69) is 33.8 Å². The lowest BCUT2D eigenvalue weighted by Gasteiger charge is -2.31. The third-order valence-corrected chi connectivity index (χ3v) is 2.53. The zero-order valence-corrected chi connectivity index (χ0v) is 8.28. The summed E-state index contributed by atoms with van der Waals surface area (Å²) in [5.74, 6) is 0.893. The smallest absolute Gasteiger partial charge is 0.0170 e. The van der Waals surface area contributed by atoms with Crippen LogP contribution < -0.4 is 0 Å². The normalized spacial score (nSPS) is 29.8. The van der Waals surface area contributed by atoms with Gasteiger partial charge in [-0.3, -0.25) is 0 Å². The van der Waals surface area contributed by atoms with Crippen molar-refractivity contribution in [2.45, 2.75) is 47.0 Å². The predicted molar refractivity (Wildman–Crippen MR) is 50.6 cm³/mol. The molecule has 0 saturated carbocycles. The summed E-state index contributed by atoms with van der Waals surface area (Å²) in [6, 6.07) is 0. The van der Waals surface area contributed by atoms with Crippen molar-refractivity contribution >= 4 is 0 Å². The van der Waals surface area contributed by atoms with Crippen LogP contribution in [0.4, 0.5) is 0 Å². The Morgan fingerprint density at radius 3 is 2.64 bits per heavy atom. The highest BCUT2D eigenvalue weighted by Gasteiger charge is 2.24. The maximum Gasteiger partial charge on any atom is -0.0170 e. The molecule has 1 aliphatic carbocycles. The largest absolute Gasteiger partial charge is 0.0796 e. The van der Waals surface area contributed by atoms with E-state index in [1.165, 1.54) is 19.3 Å². The molecule has 0 aromatic rings. The van der Waals surface area contributed by atoms with Crippen LogP contribution in [0.2, 0.25) is 0 Å². The average molecular weight is 152 g/mol. The van der Waals surface area contributed by atoms with Crippen LogP contribution in [0.25, 0.3) is 0 Å². The molecule has 1 unspecified atom stereocenters. The van der Waals surface area contributed by atoms with Gasteiger partial charge < -0.3 is 0 Å². The average Bonchev–Trinajstić information content (AvgIpc) is 1.83. The molecule has 0 bridgehead atoms. The summed E-state index contributed by atoms with van der Waals surface area (Å²) in [4.78, 5) is 0. The van der Waals surface area contributed by atoms with Crippen molar-refractivity contribution in [1.29, 1.82) is 0 Å². The Balaban J connectivity index is 2.74. The fraction of sp³-hybridized carbons (Fsp3) is 0.818. The van der Waals surface area contributed by atoms with Crippen LogP contribution in [-0.4, -0.2) is 0 Å². The minimum absolute atomic E-state index is 0.461. The molecule has 0 fully saturated rings. The highest BCUT2D eigenvalue weighted by atomic mass is 14.3. The quantitative estimate of drug-likeness (QED) is 0.502. The molecule has 0 nitrogen and oxygen atoms in total. The van der Waals surface area contributed by atoms with Crippen molar-refractivity contribution in [2.24, 2.45) is 11.3 Å². The van der Waals surface area contributed by atoms with Crippen molar-refractivity contribution < 1.29 is 0 Å². The fourth-order valence-electron chi connectivity index (χ4n) is 2.33. The van der Waals surface area contributed by atoms with E-state index in [9.17, 15) is 0 Å². The molecule has 0 heterocycles. The summed E-state index contributed by atoms with van der Waals surface area (Å²) in [5, 5.41) is 0. The van der Waals surface area contributed by atoms with Gasteiger partial charge >= 0.3 is 0 Å². The van der Waals surface area contributed by atoms with Gasteiger partial charge in [0, 0.05) is 0 Å². The zero-order valence-electron chi connectivity index (χ0n) is 8.28. The minimum atomic E-state index is 0.461. The lowest BCUT2D eigenvalue weighted by atomic mass is 9.74. The second-order valence-electron chi connectivity index (χ2n) is 4.66. The van der Waals surface area contributed by atoms with E-state index < -0.39 is 0 Å². The molecule has 1 rings (SSSR count). The Labute approximate surface area is 70.7 Å². The van der Waals surface area contributed by atoms with Gasteiger partial charge in [-0.15, -0.1) is 0 Å². The number of hydrogen-bond acceptors (Lipinski definition) is 0. The van der Waals surface area contributed by atoms with Gasteiger partial charge in [-0.2, -0.15) is 0 Å². The standard InChI is InChI=1S/C11H20/c1-5-10-6-9(2)7-11(3,4)8-10/h8-9H,5-7H2,1-4H3. The third-order valence-electron chi connectivity index (χ3n) is 2.53. The molecule has 0 aliphatic heterocycles. The Bertz CT molecular complexity index is 163. The lowest BCUT2D eigenvalue weighted by Crippen LogP contribution is -2.18. The van der Waals surface area contributed by atoms with Crippen LogP contribution in [-0.2, 0) is 0 Å².